The number of nitrogens with zero attached hydrogens (tertiary/aromatic N) is 3. The molecule has 9 heteroatoms. The number of ketones is 1. The molecular weight excluding hydrogens is 584 g/mol. The Kier molecular flexibility index (Phi) is 9.46. The highest BCUT2D eigenvalue weighted by molar-refractivity contribution is 8.93. The van der Waals surface area contributed by atoms with Gasteiger partial charge in [0.1, 0.15) is 17.3 Å². The number of pyridine rings is 1. The number of carboxylic acid groups (broad SMARTS) is 1. The van der Waals surface area contributed by atoms with Gasteiger partial charge in [-0.1, -0.05) is 26.8 Å². The molecule has 3 aliphatic rings. The van der Waals surface area contributed by atoms with Crippen LogP contribution < -0.4 is 9.64 Å². The number of fused-ring (bicyclic) bond motifs is 1. The van der Waals surface area contributed by atoms with Gasteiger partial charge in [-0.3, -0.25) is 15.0 Å². The molecule has 1 aliphatic carbocycles. The highest BCUT2D eigenvalue weighted by atomic mass is 79.9. The number of carbonyl (C=O) groups is 2. The highest BCUT2D eigenvalue weighted by Gasteiger charge is 2.33. The lowest BCUT2D eigenvalue weighted by Crippen LogP contribution is -2.32. The molecule has 0 amide bonds. The Labute approximate surface area is 253 Å². The molecule has 1 saturated heterocycles. The zero-order valence-corrected chi connectivity index (χ0v) is 26.4. The molecule has 2 fully saturated rings. The number of ether oxygens (including phenoxy) is 1. The van der Waals surface area contributed by atoms with Gasteiger partial charge in [0.15, 0.2) is 5.78 Å². The number of halogens is 1. The number of amidine groups is 1. The Morgan fingerprint density at radius 2 is 1.90 bits per heavy atom. The summed E-state index contributed by atoms with van der Waals surface area (Å²) < 4.78 is 6.40. The molecule has 1 aromatic heterocycles. The summed E-state index contributed by atoms with van der Waals surface area (Å²) in [5, 5.41) is 17.8. The van der Waals surface area contributed by atoms with Crippen molar-refractivity contribution in [1.29, 1.82) is 5.41 Å². The molecule has 3 heterocycles. The number of carbonyl (C=O) groups excluding carboxylic acids is 1. The van der Waals surface area contributed by atoms with E-state index in [1.54, 1.807) is 0 Å². The third-order valence-electron chi connectivity index (χ3n) is 8.33. The zero-order chi connectivity index (χ0) is 28.6. The second kappa shape index (κ2) is 12.5. The number of carboxylic acids is 1. The Balaban J connectivity index is 0.00000387. The third-order valence-corrected chi connectivity index (χ3v) is 8.33. The monoisotopic (exact) mass is 626 g/mol. The number of unbranched alkanes of at least 4 members (excludes halogenated alkanes) is 1. The number of nitrogens with one attached hydrogen (secondary N) is 1. The SMILES string of the molecule is Br.CC1CCCN1c1cc(C(=O)CN2Cc3ccc(C4CC4)nc3C2=N)cc(C(C)(C)C)c1OCCCCC(=O)O. The van der Waals surface area contributed by atoms with E-state index in [9.17, 15) is 9.59 Å². The molecule has 1 aromatic carbocycles. The fourth-order valence-electron chi connectivity index (χ4n) is 5.82. The number of rotatable bonds is 11. The molecule has 2 aromatic rings. The maximum atomic E-state index is 13.8. The Bertz CT molecular complexity index is 1320. The van der Waals surface area contributed by atoms with Gasteiger partial charge in [0.25, 0.3) is 0 Å². The van der Waals surface area contributed by atoms with Crippen LogP contribution in [0, 0.1) is 5.41 Å². The summed E-state index contributed by atoms with van der Waals surface area (Å²) in [5.41, 5.74) is 5.06. The minimum Gasteiger partial charge on any atom is -0.491 e. The molecule has 8 nitrogen and oxygen atoms in total. The largest absolute Gasteiger partial charge is 0.491 e. The molecule has 5 rings (SSSR count). The van der Waals surface area contributed by atoms with E-state index < -0.39 is 5.97 Å². The maximum absolute atomic E-state index is 13.8. The lowest BCUT2D eigenvalue weighted by atomic mass is 9.84. The van der Waals surface area contributed by atoms with Crippen molar-refractivity contribution in [3.8, 4) is 5.75 Å². The van der Waals surface area contributed by atoms with Crippen LogP contribution in [0.25, 0.3) is 0 Å². The number of Topliss-reactive ketones (excluding diaryl/α,β-unsaturated/α-hetero) is 1. The van der Waals surface area contributed by atoms with Crippen LogP contribution in [0.1, 0.15) is 111 Å². The van der Waals surface area contributed by atoms with E-state index in [-0.39, 0.29) is 41.1 Å². The minimum atomic E-state index is -0.793. The van der Waals surface area contributed by atoms with E-state index >= 15 is 0 Å². The first-order valence-corrected chi connectivity index (χ1v) is 14.7. The predicted octanol–water partition coefficient (Wildman–Crippen LogP) is 6.48. The molecule has 2 N–H and O–H groups in total. The van der Waals surface area contributed by atoms with Gasteiger partial charge in [-0.05, 0) is 69.1 Å². The van der Waals surface area contributed by atoms with E-state index in [0.717, 1.165) is 60.5 Å². The molecule has 0 radical (unpaired) electrons. The quantitative estimate of drug-likeness (QED) is 0.217. The smallest absolute Gasteiger partial charge is 0.303 e. The van der Waals surface area contributed by atoms with E-state index in [2.05, 4.69) is 44.7 Å². The van der Waals surface area contributed by atoms with Crippen LogP contribution in [0.15, 0.2) is 24.3 Å². The van der Waals surface area contributed by atoms with Crippen LogP contribution in [0.2, 0.25) is 0 Å². The first-order valence-electron chi connectivity index (χ1n) is 14.7. The minimum absolute atomic E-state index is 0. The fourth-order valence-corrected chi connectivity index (χ4v) is 5.82. The summed E-state index contributed by atoms with van der Waals surface area (Å²) in [7, 11) is 0. The molecule has 0 bridgehead atoms. The highest BCUT2D eigenvalue weighted by Crippen LogP contribution is 2.43. The Morgan fingerprint density at radius 3 is 2.54 bits per heavy atom. The summed E-state index contributed by atoms with van der Waals surface area (Å²) in [4.78, 5) is 33.7. The molecule has 2 aliphatic heterocycles. The lowest BCUT2D eigenvalue weighted by molar-refractivity contribution is -0.137. The van der Waals surface area contributed by atoms with Gasteiger partial charge < -0.3 is 19.6 Å². The fraction of sp³-hybridized carbons (Fsp3) is 0.562. The van der Waals surface area contributed by atoms with Crippen molar-refractivity contribution in [3.05, 3.63) is 52.3 Å². The molecule has 0 spiro atoms. The van der Waals surface area contributed by atoms with Crippen LogP contribution >= 0.6 is 17.0 Å². The summed E-state index contributed by atoms with van der Waals surface area (Å²) in [6.07, 6.45) is 5.84. The summed E-state index contributed by atoms with van der Waals surface area (Å²) >= 11 is 0. The normalized spacial score (nSPS) is 18.3. The Hall–Kier alpha value is -2.94. The van der Waals surface area contributed by atoms with Crippen molar-refractivity contribution in [2.45, 2.75) is 96.6 Å². The van der Waals surface area contributed by atoms with Gasteiger partial charge in [-0.15, -0.1) is 17.0 Å². The van der Waals surface area contributed by atoms with Crippen molar-refractivity contribution in [2.24, 2.45) is 0 Å². The number of aliphatic carboxylic acids is 1. The lowest BCUT2D eigenvalue weighted by Gasteiger charge is -2.32. The summed E-state index contributed by atoms with van der Waals surface area (Å²) in [5.74, 6) is 0.835. The van der Waals surface area contributed by atoms with Crippen molar-refractivity contribution in [1.82, 2.24) is 9.88 Å². The summed E-state index contributed by atoms with van der Waals surface area (Å²) in [6, 6.07) is 8.43. The van der Waals surface area contributed by atoms with E-state index in [4.69, 9.17) is 20.2 Å². The topological polar surface area (TPSA) is 107 Å². The molecule has 1 unspecified atom stereocenters. The van der Waals surface area contributed by atoms with Crippen LogP contribution in [-0.4, -0.2) is 58.3 Å². The van der Waals surface area contributed by atoms with Crippen molar-refractivity contribution < 1.29 is 19.4 Å². The second-order valence-electron chi connectivity index (χ2n) is 12.7. The molecule has 222 valence electrons. The number of anilines is 1. The van der Waals surface area contributed by atoms with Crippen LogP contribution in [-0.2, 0) is 16.8 Å². The third kappa shape index (κ3) is 6.93. The van der Waals surface area contributed by atoms with Crippen LogP contribution in [0.4, 0.5) is 5.69 Å². The summed E-state index contributed by atoms with van der Waals surface area (Å²) in [6.45, 7) is 10.6. The van der Waals surface area contributed by atoms with Gasteiger partial charge >= 0.3 is 5.97 Å². The Morgan fingerprint density at radius 1 is 1.15 bits per heavy atom. The first kappa shape index (κ1) is 31.0. The molecular formula is C32H43BrN4O4. The van der Waals surface area contributed by atoms with Crippen molar-refractivity contribution in [2.75, 3.05) is 24.6 Å². The molecule has 41 heavy (non-hydrogen) atoms. The van der Waals surface area contributed by atoms with Crippen LogP contribution in [0.5, 0.6) is 5.75 Å². The molecule has 1 saturated carbocycles. The van der Waals surface area contributed by atoms with Gasteiger partial charge in [-0.2, -0.15) is 0 Å². The number of benzene rings is 1. The van der Waals surface area contributed by atoms with Gasteiger partial charge in [0.05, 0.1) is 18.8 Å². The standard InChI is InChI=1S/C32H42N4O4.BrH/c1-20-8-7-14-36(20)26-17-23(16-24(32(2,3)4)30(26)40-15-6-5-9-28(38)39)27(37)19-35-18-22-12-13-25(21-10-11-21)34-29(22)31(35)33;/h12-13,16-17,20-21,33H,5-11,14-15,18-19H2,1-4H3,(H,38,39);1H. The van der Waals surface area contributed by atoms with E-state index in [0.29, 0.717) is 55.0 Å². The predicted molar refractivity (Wildman–Crippen MR) is 166 cm³/mol. The second-order valence-corrected chi connectivity index (χ2v) is 12.7. The average Bonchev–Trinajstić information content (AvgIpc) is 3.59. The zero-order valence-electron chi connectivity index (χ0n) is 24.7. The first-order chi connectivity index (χ1) is 19.0. The molecule has 1 atom stereocenters. The van der Waals surface area contributed by atoms with Crippen molar-refractivity contribution in [3.63, 3.8) is 0 Å². The van der Waals surface area contributed by atoms with E-state index in [1.807, 2.05) is 17.0 Å². The van der Waals surface area contributed by atoms with Crippen molar-refractivity contribution >= 4 is 40.3 Å². The van der Waals surface area contributed by atoms with E-state index in [1.165, 1.54) is 0 Å². The van der Waals surface area contributed by atoms with Gasteiger partial charge in [0.2, 0.25) is 0 Å². The average molecular weight is 628 g/mol. The van der Waals surface area contributed by atoms with Crippen LogP contribution in [0.3, 0.4) is 0 Å². The number of hydrogen-bond acceptors (Lipinski definition) is 6. The number of hydrogen-bond donors (Lipinski definition) is 2. The maximum Gasteiger partial charge on any atom is 0.303 e. The van der Waals surface area contributed by atoms with Gasteiger partial charge in [0, 0.05) is 53.9 Å². The van der Waals surface area contributed by atoms with Gasteiger partial charge in [-0.25, -0.2) is 4.98 Å². The number of aromatic nitrogens is 1.